The second-order valence-corrected chi connectivity index (χ2v) is 5.13. The summed E-state index contributed by atoms with van der Waals surface area (Å²) in [6, 6.07) is 3.78. The van der Waals surface area contributed by atoms with Crippen molar-refractivity contribution in [2.75, 3.05) is 5.32 Å². The number of aryl methyl sites for hydroxylation is 1. The normalized spacial score (nSPS) is 11.2. The second-order valence-electron chi connectivity index (χ2n) is 4.75. The molecule has 22 heavy (non-hydrogen) atoms. The zero-order valence-electron chi connectivity index (χ0n) is 11.5. The highest BCUT2D eigenvalue weighted by Crippen LogP contribution is 2.31. The first kappa shape index (κ1) is 12.8. The van der Waals surface area contributed by atoms with Crippen LogP contribution in [0.3, 0.4) is 0 Å². The van der Waals surface area contributed by atoms with Crippen molar-refractivity contribution in [3.63, 3.8) is 0 Å². The summed E-state index contributed by atoms with van der Waals surface area (Å²) in [5.74, 6) is 1.17. The SMILES string of the molecule is Cn1nc(-c2cn[nH]c2)nc1Nc1ccc2[nH]ncc2c1Cl. The molecule has 4 aromatic rings. The van der Waals surface area contributed by atoms with Crippen LogP contribution in [0.1, 0.15) is 0 Å². The van der Waals surface area contributed by atoms with E-state index in [1.165, 1.54) is 0 Å². The molecule has 9 heteroatoms. The van der Waals surface area contributed by atoms with Gasteiger partial charge in [0.15, 0.2) is 5.82 Å². The van der Waals surface area contributed by atoms with E-state index in [2.05, 4.69) is 35.8 Å². The number of rotatable bonds is 3. The molecule has 0 saturated heterocycles. The summed E-state index contributed by atoms with van der Waals surface area (Å²) in [6.45, 7) is 0. The fraction of sp³-hybridized carbons (Fsp3) is 0.0769. The van der Waals surface area contributed by atoms with Crippen molar-refractivity contribution in [2.24, 2.45) is 7.05 Å². The lowest BCUT2D eigenvalue weighted by molar-refractivity contribution is 0.778. The van der Waals surface area contributed by atoms with Crippen molar-refractivity contribution in [3.05, 3.63) is 35.7 Å². The van der Waals surface area contributed by atoms with Crippen LogP contribution >= 0.6 is 11.6 Å². The lowest BCUT2D eigenvalue weighted by Crippen LogP contribution is -2.00. The molecular formula is C13H11ClN8. The number of aromatic nitrogens is 7. The van der Waals surface area contributed by atoms with Gasteiger partial charge in [0.2, 0.25) is 5.95 Å². The number of H-pyrrole nitrogens is 2. The summed E-state index contributed by atoms with van der Waals surface area (Å²) >= 11 is 6.40. The van der Waals surface area contributed by atoms with E-state index < -0.39 is 0 Å². The molecule has 0 unspecified atom stereocenters. The van der Waals surface area contributed by atoms with Crippen LogP contribution in [0.25, 0.3) is 22.3 Å². The Balaban J connectivity index is 1.72. The molecule has 8 nitrogen and oxygen atoms in total. The number of hydrogen-bond donors (Lipinski definition) is 3. The third kappa shape index (κ3) is 2.01. The van der Waals surface area contributed by atoms with E-state index in [0.29, 0.717) is 16.8 Å². The van der Waals surface area contributed by atoms with Crippen molar-refractivity contribution < 1.29 is 0 Å². The predicted octanol–water partition coefficient (Wildman–Crippen LogP) is 2.48. The summed E-state index contributed by atoms with van der Waals surface area (Å²) in [7, 11) is 1.81. The summed E-state index contributed by atoms with van der Waals surface area (Å²) in [5.41, 5.74) is 2.44. The van der Waals surface area contributed by atoms with Crippen molar-refractivity contribution in [1.82, 2.24) is 35.2 Å². The van der Waals surface area contributed by atoms with E-state index in [1.54, 1.807) is 23.3 Å². The number of aromatic amines is 2. The Morgan fingerprint density at radius 2 is 2.14 bits per heavy atom. The number of nitrogens with one attached hydrogen (secondary N) is 3. The monoisotopic (exact) mass is 314 g/mol. The molecule has 1 aromatic carbocycles. The number of hydrogen-bond acceptors (Lipinski definition) is 5. The molecule has 0 spiro atoms. The van der Waals surface area contributed by atoms with Crippen LogP contribution in [0.4, 0.5) is 11.6 Å². The zero-order valence-corrected chi connectivity index (χ0v) is 12.3. The Morgan fingerprint density at radius 1 is 1.23 bits per heavy atom. The highest BCUT2D eigenvalue weighted by atomic mass is 35.5. The van der Waals surface area contributed by atoms with Crippen molar-refractivity contribution in [1.29, 1.82) is 0 Å². The van der Waals surface area contributed by atoms with Crippen molar-refractivity contribution in [2.45, 2.75) is 0 Å². The van der Waals surface area contributed by atoms with Gasteiger partial charge in [-0.25, -0.2) is 4.68 Å². The van der Waals surface area contributed by atoms with E-state index in [4.69, 9.17) is 11.6 Å². The fourth-order valence-corrected chi connectivity index (χ4v) is 2.45. The Labute approximate surface area is 129 Å². The molecule has 0 aliphatic rings. The Bertz CT molecular complexity index is 936. The van der Waals surface area contributed by atoms with Crippen molar-refractivity contribution in [3.8, 4) is 11.4 Å². The van der Waals surface area contributed by atoms with Gasteiger partial charge in [-0.15, -0.1) is 5.10 Å². The Kier molecular flexibility index (Phi) is 2.83. The third-order valence-electron chi connectivity index (χ3n) is 3.32. The predicted molar refractivity (Wildman–Crippen MR) is 83.0 cm³/mol. The van der Waals surface area contributed by atoms with Gasteiger partial charge >= 0.3 is 0 Å². The lowest BCUT2D eigenvalue weighted by atomic mass is 10.2. The molecule has 0 aliphatic heterocycles. The average Bonchev–Trinajstić information content (AvgIpc) is 3.23. The van der Waals surface area contributed by atoms with E-state index in [9.17, 15) is 0 Å². The molecule has 0 aliphatic carbocycles. The quantitative estimate of drug-likeness (QED) is 0.539. The van der Waals surface area contributed by atoms with Gasteiger partial charge in [-0.1, -0.05) is 11.6 Å². The molecule has 0 saturated carbocycles. The topological polar surface area (TPSA) is 100 Å². The summed E-state index contributed by atoms with van der Waals surface area (Å²) in [5, 5.41) is 22.5. The fourth-order valence-electron chi connectivity index (χ4n) is 2.19. The van der Waals surface area contributed by atoms with Crippen LogP contribution < -0.4 is 5.32 Å². The first-order valence-electron chi connectivity index (χ1n) is 6.51. The summed E-state index contributed by atoms with van der Waals surface area (Å²) in [6.07, 6.45) is 5.10. The molecule has 4 rings (SSSR count). The van der Waals surface area contributed by atoms with Crippen LogP contribution in [0.5, 0.6) is 0 Å². The lowest BCUT2D eigenvalue weighted by Gasteiger charge is -2.07. The van der Waals surface area contributed by atoms with Crippen LogP contribution in [0, 0.1) is 0 Å². The molecule has 0 fully saturated rings. The second kappa shape index (κ2) is 4.85. The molecule has 3 N–H and O–H groups in total. The Morgan fingerprint density at radius 3 is 2.95 bits per heavy atom. The maximum absolute atomic E-state index is 6.40. The molecule has 0 bridgehead atoms. The van der Waals surface area contributed by atoms with E-state index in [1.807, 2.05) is 19.2 Å². The van der Waals surface area contributed by atoms with E-state index in [0.717, 1.165) is 22.2 Å². The van der Waals surface area contributed by atoms with Crippen LogP contribution in [-0.2, 0) is 7.05 Å². The highest BCUT2D eigenvalue weighted by Gasteiger charge is 2.13. The minimum absolute atomic E-state index is 0.583. The van der Waals surface area contributed by atoms with Crippen LogP contribution in [0.15, 0.2) is 30.7 Å². The van der Waals surface area contributed by atoms with Crippen molar-refractivity contribution >= 4 is 34.1 Å². The maximum atomic E-state index is 6.40. The number of halogens is 1. The molecule has 0 radical (unpaired) electrons. The van der Waals surface area contributed by atoms with Crippen LogP contribution in [-0.4, -0.2) is 35.2 Å². The molecular weight excluding hydrogens is 304 g/mol. The van der Waals surface area contributed by atoms with Gasteiger partial charge in [-0.3, -0.25) is 10.2 Å². The van der Waals surface area contributed by atoms with Gasteiger partial charge < -0.3 is 5.32 Å². The smallest absolute Gasteiger partial charge is 0.226 e. The molecule has 3 aromatic heterocycles. The Hall–Kier alpha value is -2.87. The van der Waals surface area contributed by atoms with Gasteiger partial charge in [-0.05, 0) is 12.1 Å². The average molecular weight is 315 g/mol. The number of nitrogens with zero attached hydrogens (tertiary/aromatic N) is 5. The summed E-state index contributed by atoms with van der Waals surface area (Å²) in [4.78, 5) is 4.46. The number of fused-ring (bicyclic) bond motifs is 1. The maximum Gasteiger partial charge on any atom is 0.226 e. The molecule has 3 heterocycles. The summed E-state index contributed by atoms with van der Waals surface area (Å²) < 4.78 is 1.65. The first-order chi connectivity index (χ1) is 10.7. The van der Waals surface area contributed by atoms with Gasteiger partial charge in [-0.2, -0.15) is 15.2 Å². The van der Waals surface area contributed by atoms with Gasteiger partial charge in [0.05, 0.1) is 34.2 Å². The minimum Gasteiger partial charge on any atom is -0.323 e. The van der Waals surface area contributed by atoms with Gasteiger partial charge in [0.25, 0.3) is 0 Å². The van der Waals surface area contributed by atoms with E-state index in [-0.39, 0.29) is 0 Å². The minimum atomic E-state index is 0.583. The largest absolute Gasteiger partial charge is 0.323 e. The number of benzene rings is 1. The highest BCUT2D eigenvalue weighted by molar-refractivity contribution is 6.38. The van der Waals surface area contributed by atoms with Gasteiger partial charge in [0.1, 0.15) is 0 Å². The van der Waals surface area contributed by atoms with Gasteiger partial charge in [0, 0.05) is 18.6 Å². The number of anilines is 2. The standard InChI is InChI=1S/C13H11ClN8/c1-22-13(19-12(21-22)7-4-15-16-5-7)18-10-3-2-9-8(11(10)14)6-17-20-9/h2-6H,1H3,(H,15,16)(H,17,20)(H,18,19,21). The van der Waals surface area contributed by atoms with E-state index >= 15 is 0 Å². The molecule has 0 amide bonds. The zero-order chi connectivity index (χ0) is 15.1. The first-order valence-corrected chi connectivity index (χ1v) is 6.89. The van der Waals surface area contributed by atoms with Crippen LogP contribution in [0.2, 0.25) is 5.02 Å². The third-order valence-corrected chi connectivity index (χ3v) is 3.73. The molecule has 0 atom stereocenters. The molecule has 110 valence electrons.